The summed E-state index contributed by atoms with van der Waals surface area (Å²) in [5.41, 5.74) is 7.06. The number of anilines is 1. The normalized spacial score (nSPS) is 10.4. The van der Waals surface area contributed by atoms with E-state index in [1.165, 1.54) is 6.20 Å². The van der Waals surface area contributed by atoms with E-state index in [-0.39, 0.29) is 0 Å². The molecule has 0 aliphatic rings. The first-order valence-electron chi connectivity index (χ1n) is 4.12. The number of hydrogen-bond donors (Lipinski definition) is 2. The molecule has 0 aliphatic carbocycles. The largest absolute Gasteiger partial charge is 0.397 e. The van der Waals surface area contributed by atoms with E-state index in [4.69, 9.17) is 5.73 Å². The highest BCUT2D eigenvalue weighted by atomic mass is 19.1. The van der Waals surface area contributed by atoms with E-state index >= 15 is 0 Å². The number of aromatic amines is 1. The Labute approximate surface area is 80.2 Å². The Kier molecular flexibility index (Phi) is 1.92. The lowest BCUT2D eigenvalue weighted by atomic mass is 10.1. The van der Waals surface area contributed by atoms with Gasteiger partial charge in [-0.1, -0.05) is 0 Å². The van der Waals surface area contributed by atoms with Crippen LogP contribution in [0.4, 0.5) is 10.1 Å². The predicted molar refractivity (Wildman–Crippen MR) is 49.6 cm³/mol. The molecule has 4 nitrogen and oxygen atoms in total. The molecule has 0 atom stereocenters. The van der Waals surface area contributed by atoms with Crippen LogP contribution in [0.15, 0.2) is 24.9 Å². The Morgan fingerprint density at radius 3 is 2.86 bits per heavy atom. The number of nitrogens with one attached hydrogen (secondary N) is 1. The molecule has 5 heteroatoms. The fourth-order valence-electron chi connectivity index (χ4n) is 1.37. The van der Waals surface area contributed by atoms with Gasteiger partial charge in [-0.3, -0.25) is 4.98 Å². The number of rotatable bonds is 1. The smallest absolute Gasteiger partial charge is 0.241 e. The van der Waals surface area contributed by atoms with Crippen LogP contribution in [0.5, 0.6) is 0 Å². The van der Waals surface area contributed by atoms with Crippen LogP contribution in [0.1, 0.15) is 0 Å². The van der Waals surface area contributed by atoms with Gasteiger partial charge in [-0.15, -0.1) is 0 Å². The van der Waals surface area contributed by atoms with E-state index in [0.29, 0.717) is 16.9 Å². The quantitative estimate of drug-likeness (QED) is 0.652. The highest BCUT2D eigenvalue weighted by Gasteiger charge is 2.16. The van der Waals surface area contributed by atoms with Gasteiger partial charge in [0.15, 0.2) is 11.5 Å². The van der Waals surface area contributed by atoms with Crippen molar-refractivity contribution in [2.24, 2.45) is 7.05 Å². The molecular weight excluding hydrogens is 183 g/mol. The molecule has 72 valence electrons. The van der Waals surface area contributed by atoms with Crippen LogP contribution < -0.4 is 10.3 Å². The molecule has 0 saturated heterocycles. The van der Waals surface area contributed by atoms with Crippen molar-refractivity contribution in [3.63, 3.8) is 0 Å². The minimum absolute atomic E-state index is 0.334. The number of nitrogens with zero attached hydrogens (tertiary/aromatic N) is 2. The lowest BCUT2D eigenvalue weighted by Gasteiger charge is -2.02. The third kappa shape index (κ3) is 1.22. The Bertz CT molecular complexity index is 443. The number of nitrogens with two attached hydrogens (primary N) is 1. The number of aromatic nitrogens is 3. The van der Waals surface area contributed by atoms with Crippen LogP contribution >= 0.6 is 0 Å². The van der Waals surface area contributed by atoms with Gasteiger partial charge in [0.05, 0.1) is 30.7 Å². The zero-order valence-corrected chi connectivity index (χ0v) is 7.66. The second kappa shape index (κ2) is 3.10. The average molecular weight is 193 g/mol. The van der Waals surface area contributed by atoms with Gasteiger partial charge >= 0.3 is 0 Å². The number of aryl methyl sites for hydroxylation is 1. The number of imidazole rings is 1. The van der Waals surface area contributed by atoms with Crippen molar-refractivity contribution in [1.29, 1.82) is 0 Å². The summed E-state index contributed by atoms with van der Waals surface area (Å²) < 4.78 is 15.2. The molecule has 0 aromatic carbocycles. The third-order valence-electron chi connectivity index (χ3n) is 2.05. The van der Waals surface area contributed by atoms with Crippen molar-refractivity contribution < 1.29 is 8.96 Å². The second-order valence-electron chi connectivity index (χ2n) is 3.02. The second-order valence-corrected chi connectivity index (χ2v) is 3.02. The van der Waals surface area contributed by atoms with Crippen molar-refractivity contribution in [1.82, 2.24) is 9.97 Å². The lowest BCUT2D eigenvalue weighted by molar-refractivity contribution is -0.659. The summed E-state index contributed by atoms with van der Waals surface area (Å²) in [6, 6.07) is 0. The number of hydrogen-bond acceptors (Lipinski definition) is 2. The molecule has 0 saturated carbocycles. The highest BCUT2D eigenvalue weighted by molar-refractivity contribution is 5.70. The number of nitrogen functional groups attached to an aromatic ring is 1. The van der Waals surface area contributed by atoms with Gasteiger partial charge in [-0.25, -0.2) is 13.9 Å². The van der Waals surface area contributed by atoms with E-state index in [0.717, 1.165) is 6.20 Å². The maximum Gasteiger partial charge on any atom is 0.241 e. The summed E-state index contributed by atoms with van der Waals surface area (Å²) in [4.78, 5) is 6.54. The van der Waals surface area contributed by atoms with Gasteiger partial charge < -0.3 is 5.73 Å². The van der Waals surface area contributed by atoms with E-state index in [2.05, 4.69) is 9.97 Å². The van der Waals surface area contributed by atoms with E-state index in [9.17, 15) is 4.39 Å². The minimum Gasteiger partial charge on any atom is -0.397 e. The van der Waals surface area contributed by atoms with E-state index in [1.807, 2.05) is 7.05 Å². The molecule has 0 aliphatic heterocycles. The Morgan fingerprint density at radius 1 is 1.50 bits per heavy atom. The summed E-state index contributed by atoms with van der Waals surface area (Å²) >= 11 is 0. The average Bonchev–Trinajstić information content (AvgIpc) is 2.52. The summed E-state index contributed by atoms with van der Waals surface area (Å²) in [7, 11) is 1.81. The summed E-state index contributed by atoms with van der Waals surface area (Å²) in [5.74, 6) is -0.416. The Morgan fingerprint density at radius 2 is 2.29 bits per heavy atom. The molecule has 0 fully saturated rings. The summed E-state index contributed by atoms with van der Waals surface area (Å²) in [5, 5.41) is 0. The molecule has 0 bridgehead atoms. The van der Waals surface area contributed by atoms with Crippen molar-refractivity contribution in [3.05, 3.63) is 30.7 Å². The molecule has 2 heterocycles. The molecule has 3 N–H and O–H groups in total. The monoisotopic (exact) mass is 193 g/mol. The summed E-state index contributed by atoms with van der Waals surface area (Å²) in [6.07, 6.45) is 5.99. The van der Waals surface area contributed by atoms with Crippen molar-refractivity contribution in [2.45, 2.75) is 0 Å². The number of H-pyrrole nitrogens is 1. The molecule has 2 aromatic heterocycles. The molecule has 0 spiro atoms. The van der Waals surface area contributed by atoms with Crippen LogP contribution in [-0.2, 0) is 7.05 Å². The van der Waals surface area contributed by atoms with Crippen LogP contribution in [0.2, 0.25) is 0 Å². The van der Waals surface area contributed by atoms with Crippen molar-refractivity contribution in [3.8, 4) is 11.3 Å². The van der Waals surface area contributed by atoms with Gasteiger partial charge in [0, 0.05) is 0 Å². The zero-order valence-electron chi connectivity index (χ0n) is 7.66. The van der Waals surface area contributed by atoms with Crippen molar-refractivity contribution in [2.75, 3.05) is 5.73 Å². The van der Waals surface area contributed by atoms with Crippen LogP contribution in [0, 0.1) is 5.82 Å². The minimum atomic E-state index is -0.416. The van der Waals surface area contributed by atoms with E-state index < -0.39 is 5.82 Å². The molecule has 14 heavy (non-hydrogen) atoms. The summed E-state index contributed by atoms with van der Waals surface area (Å²) in [6.45, 7) is 0. The molecule has 0 radical (unpaired) electrons. The van der Waals surface area contributed by atoms with Gasteiger partial charge in [0.2, 0.25) is 6.33 Å². The Balaban J connectivity index is 2.68. The highest BCUT2D eigenvalue weighted by Crippen LogP contribution is 2.24. The maximum absolute atomic E-state index is 13.4. The Hall–Kier alpha value is -1.91. The molecule has 2 rings (SSSR count). The van der Waals surface area contributed by atoms with E-state index in [1.54, 1.807) is 17.1 Å². The fourth-order valence-corrected chi connectivity index (χ4v) is 1.37. The number of halogens is 1. The molecule has 0 unspecified atom stereocenters. The lowest BCUT2D eigenvalue weighted by Crippen LogP contribution is -2.27. The SMILES string of the molecule is C[n+]1c[nH]cc1-c1c(N)cncc1F. The van der Waals surface area contributed by atoms with Gasteiger partial charge in [-0.2, -0.15) is 0 Å². The van der Waals surface area contributed by atoms with Crippen molar-refractivity contribution >= 4 is 5.69 Å². The standard InChI is InChI=1S/C9H9FN4/c1-14-5-13-4-8(14)9-6(10)2-12-3-7(9)11/h2-5H,11H2,1H3/p+1. The first-order valence-corrected chi connectivity index (χ1v) is 4.12. The van der Waals surface area contributed by atoms with Gasteiger partial charge in [0.1, 0.15) is 6.20 Å². The molecule has 2 aromatic rings. The van der Waals surface area contributed by atoms with Gasteiger partial charge in [0.25, 0.3) is 0 Å². The first-order chi connectivity index (χ1) is 6.70. The van der Waals surface area contributed by atoms with Crippen LogP contribution in [0.25, 0.3) is 11.3 Å². The van der Waals surface area contributed by atoms with Gasteiger partial charge in [-0.05, 0) is 0 Å². The van der Waals surface area contributed by atoms with Crippen LogP contribution in [-0.4, -0.2) is 9.97 Å². The zero-order chi connectivity index (χ0) is 10.1. The third-order valence-corrected chi connectivity index (χ3v) is 2.05. The maximum atomic E-state index is 13.4. The topological polar surface area (TPSA) is 58.6 Å². The molecular formula is C9H10FN4+. The van der Waals surface area contributed by atoms with Crippen LogP contribution in [0.3, 0.4) is 0 Å². The number of pyridine rings is 1. The predicted octanol–water partition coefficient (Wildman–Crippen LogP) is 0.622. The molecule has 0 amide bonds. The first kappa shape index (κ1) is 8.68. The fraction of sp³-hybridized carbons (Fsp3) is 0.111.